The highest BCUT2D eigenvalue weighted by Crippen LogP contribution is 2.24. The van der Waals surface area contributed by atoms with Gasteiger partial charge in [0.15, 0.2) is 0 Å². The Morgan fingerprint density at radius 2 is 1.65 bits per heavy atom. The second-order valence-corrected chi connectivity index (χ2v) is 10.5. The molecule has 7 nitrogen and oxygen atoms in total. The Morgan fingerprint density at radius 1 is 1.00 bits per heavy atom. The van der Waals surface area contributed by atoms with Crippen LogP contribution in [0.2, 0.25) is 5.15 Å². The highest BCUT2D eigenvalue weighted by molar-refractivity contribution is 7.92. The van der Waals surface area contributed by atoms with Gasteiger partial charge in [-0.1, -0.05) is 71.8 Å². The van der Waals surface area contributed by atoms with Crippen LogP contribution in [-0.2, 0) is 16.6 Å². The first-order valence-electron chi connectivity index (χ1n) is 11.1. The van der Waals surface area contributed by atoms with Crippen LogP contribution in [0.15, 0.2) is 60.0 Å². The average molecular weight is 499 g/mol. The number of benzene rings is 2. The van der Waals surface area contributed by atoms with E-state index in [1.807, 2.05) is 61.5 Å². The first-order chi connectivity index (χ1) is 16.2. The van der Waals surface area contributed by atoms with Gasteiger partial charge in [0, 0.05) is 31.6 Å². The van der Waals surface area contributed by atoms with Crippen molar-refractivity contribution in [2.75, 3.05) is 26.2 Å². The zero-order valence-electron chi connectivity index (χ0n) is 19.2. The molecule has 1 saturated heterocycles. The molecule has 3 aromatic rings. The molecule has 0 unspecified atom stereocenters. The SMILES string of the molecule is Cc1ccc(Cn2nc(C)c(C(=O)N3CCN(S(=O)(=O)/C=C/c4ccccc4)CC3)c2Cl)cc1. The topological polar surface area (TPSA) is 75.5 Å². The van der Waals surface area contributed by atoms with E-state index in [1.165, 1.54) is 15.3 Å². The van der Waals surface area contributed by atoms with E-state index < -0.39 is 10.0 Å². The second kappa shape index (κ2) is 10.1. The van der Waals surface area contributed by atoms with E-state index in [9.17, 15) is 13.2 Å². The maximum absolute atomic E-state index is 13.2. The molecule has 1 aliphatic rings. The van der Waals surface area contributed by atoms with Gasteiger partial charge in [0.1, 0.15) is 5.15 Å². The summed E-state index contributed by atoms with van der Waals surface area (Å²) in [6.07, 6.45) is 1.58. The van der Waals surface area contributed by atoms with Gasteiger partial charge in [0.2, 0.25) is 10.0 Å². The van der Waals surface area contributed by atoms with E-state index in [2.05, 4.69) is 5.10 Å². The zero-order valence-corrected chi connectivity index (χ0v) is 20.8. The minimum absolute atomic E-state index is 0.224. The van der Waals surface area contributed by atoms with Crippen molar-refractivity contribution in [3.05, 3.63) is 93.1 Å². The summed E-state index contributed by atoms with van der Waals surface area (Å²) in [7, 11) is -3.57. The molecule has 0 spiro atoms. The maximum Gasteiger partial charge on any atom is 0.258 e. The molecule has 2 heterocycles. The first kappa shape index (κ1) is 24.2. The Bertz CT molecular complexity index is 1290. The number of hydrogen-bond donors (Lipinski definition) is 0. The molecule has 1 aliphatic heterocycles. The number of carbonyl (C=O) groups is 1. The van der Waals surface area contributed by atoms with Crippen molar-refractivity contribution in [2.45, 2.75) is 20.4 Å². The molecular formula is C25H27ClN4O3S. The fourth-order valence-electron chi connectivity index (χ4n) is 3.89. The van der Waals surface area contributed by atoms with Gasteiger partial charge < -0.3 is 4.90 Å². The molecule has 0 radical (unpaired) electrons. The molecular weight excluding hydrogens is 472 g/mol. The predicted molar refractivity (Wildman–Crippen MR) is 134 cm³/mol. The Balaban J connectivity index is 1.42. The fraction of sp³-hybridized carbons (Fsp3) is 0.280. The van der Waals surface area contributed by atoms with Crippen LogP contribution in [0.25, 0.3) is 6.08 Å². The lowest BCUT2D eigenvalue weighted by atomic mass is 10.1. The highest BCUT2D eigenvalue weighted by Gasteiger charge is 2.31. The summed E-state index contributed by atoms with van der Waals surface area (Å²) in [5.41, 5.74) is 3.94. The number of sulfonamides is 1. The summed E-state index contributed by atoms with van der Waals surface area (Å²) in [4.78, 5) is 14.9. The summed E-state index contributed by atoms with van der Waals surface area (Å²) in [5, 5.41) is 5.99. The van der Waals surface area contributed by atoms with Gasteiger partial charge in [0.05, 0.1) is 17.8 Å². The Labute approximate surface area is 205 Å². The number of aryl methyl sites for hydroxylation is 2. The number of piperazine rings is 1. The van der Waals surface area contributed by atoms with Gasteiger partial charge in [-0.15, -0.1) is 0 Å². The Kier molecular flexibility index (Phi) is 7.21. The molecule has 0 bridgehead atoms. The van der Waals surface area contributed by atoms with Gasteiger partial charge in [-0.2, -0.15) is 9.40 Å². The molecule has 2 aromatic carbocycles. The average Bonchev–Trinajstić information content (AvgIpc) is 3.12. The molecule has 1 aromatic heterocycles. The lowest BCUT2D eigenvalue weighted by Gasteiger charge is -2.33. The van der Waals surface area contributed by atoms with Crippen LogP contribution in [0.5, 0.6) is 0 Å². The van der Waals surface area contributed by atoms with E-state index in [-0.39, 0.29) is 32.1 Å². The summed E-state index contributed by atoms with van der Waals surface area (Å²) in [5.74, 6) is -0.227. The van der Waals surface area contributed by atoms with Crippen molar-refractivity contribution >= 4 is 33.6 Å². The van der Waals surface area contributed by atoms with Crippen LogP contribution in [0.1, 0.15) is 32.7 Å². The third-order valence-corrected chi connectivity index (χ3v) is 7.80. The number of aromatic nitrogens is 2. The molecule has 0 atom stereocenters. The van der Waals surface area contributed by atoms with E-state index in [1.54, 1.807) is 22.6 Å². The largest absolute Gasteiger partial charge is 0.336 e. The van der Waals surface area contributed by atoms with Gasteiger partial charge >= 0.3 is 0 Å². The normalized spacial score (nSPS) is 15.2. The lowest BCUT2D eigenvalue weighted by Crippen LogP contribution is -2.50. The van der Waals surface area contributed by atoms with Crippen molar-refractivity contribution in [1.29, 1.82) is 0 Å². The molecule has 34 heavy (non-hydrogen) atoms. The van der Waals surface area contributed by atoms with Crippen LogP contribution in [-0.4, -0.2) is 59.5 Å². The van der Waals surface area contributed by atoms with Gasteiger partial charge in [-0.05, 0) is 31.1 Å². The van der Waals surface area contributed by atoms with Crippen LogP contribution >= 0.6 is 11.6 Å². The number of rotatable bonds is 6. The number of amides is 1. The molecule has 0 N–H and O–H groups in total. The molecule has 0 saturated carbocycles. The summed E-state index contributed by atoms with van der Waals surface area (Å²) in [6.45, 7) is 5.28. The second-order valence-electron chi connectivity index (χ2n) is 8.34. The van der Waals surface area contributed by atoms with E-state index >= 15 is 0 Å². The number of nitrogens with zero attached hydrogens (tertiary/aromatic N) is 4. The molecule has 0 aliphatic carbocycles. The highest BCUT2D eigenvalue weighted by atomic mass is 35.5. The van der Waals surface area contributed by atoms with Gasteiger partial charge in [0.25, 0.3) is 5.91 Å². The molecule has 178 valence electrons. The first-order valence-corrected chi connectivity index (χ1v) is 12.9. The molecule has 1 amide bonds. The van der Waals surface area contributed by atoms with Crippen molar-refractivity contribution in [3.8, 4) is 0 Å². The summed E-state index contributed by atoms with van der Waals surface area (Å²) >= 11 is 6.56. The van der Waals surface area contributed by atoms with Crippen molar-refractivity contribution in [1.82, 2.24) is 19.0 Å². The Morgan fingerprint density at radius 3 is 2.29 bits per heavy atom. The number of hydrogen-bond acceptors (Lipinski definition) is 4. The third kappa shape index (κ3) is 5.41. The Hall–Kier alpha value is -2.94. The summed E-state index contributed by atoms with van der Waals surface area (Å²) in [6, 6.07) is 17.3. The zero-order chi connectivity index (χ0) is 24.3. The van der Waals surface area contributed by atoms with Crippen LogP contribution in [0.4, 0.5) is 0 Å². The predicted octanol–water partition coefficient (Wildman–Crippen LogP) is 3.96. The van der Waals surface area contributed by atoms with E-state index in [0.29, 0.717) is 23.0 Å². The quantitative estimate of drug-likeness (QED) is 0.515. The number of carbonyl (C=O) groups excluding carboxylic acids is 1. The molecule has 4 rings (SSSR count). The van der Waals surface area contributed by atoms with Crippen LogP contribution in [0, 0.1) is 13.8 Å². The molecule has 1 fully saturated rings. The van der Waals surface area contributed by atoms with Crippen molar-refractivity contribution in [2.24, 2.45) is 0 Å². The van der Waals surface area contributed by atoms with Crippen molar-refractivity contribution < 1.29 is 13.2 Å². The van der Waals surface area contributed by atoms with E-state index in [4.69, 9.17) is 11.6 Å². The van der Waals surface area contributed by atoms with Crippen molar-refractivity contribution in [3.63, 3.8) is 0 Å². The number of halogens is 1. The minimum atomic E-state index is -3.57. The standard InChI is InChI=1S/C25H27ClN4O3S/c1-19-8-10-22(11-9-19)18-30-24(26)23(20(2)27-30)25(31)28-13-15-29(16-14-28)34(32,33)17-12-21-6-4-3-5-7-21/h3-12,17H,13-16,18H2,1-2H3/b17-12+. The third-order valence-electron chi connectivity index (χ3n) is 5.85. The summed E-state index contributed by atoms with van der Waals surface area (Å²) < 4.78 is 28.4. The molecule has 9 heteroatoms. The smallest absolute Gasteiger partial charge is 0.258 e. The fourth-order valence-corrected chi connectivity index (χ4v) is 5.37. The van der Waals surface area contributed by atoms with Crippen LogP contribution in [0.3, 0.4) is 0 Å². The van der Waals surface area contributed by atoms with E-state index in [0.717, 1.165) is 11.1 Å². The van der Waals surface area contributed by atoms with Gasteiger partial charge in [-0.3, -0.25) is 4.79 Å². The monoisotopic (exact) mass is 498 g/mol. The lowest BCUT2D eigenvalue weighted by molar-refractivity contribution is 0.0698. The maximum atomic E-state index is 13.2. The van der Waals surface area contributed by atoms with Gasteiger partial charge in [-0.25, -0.2) is 13.1 Å². The van der Waals surface area contributed by atoms with Crippen LogP contribution < -0.4 is 0 Å². The minimum Gasteiger partial charge on any atom is -0.336 e.